The molecule has 0 radical (unpaired) electrons. The van der Waals surface area contributed by atoms with Gasteiger partial charge < -0.3 is 25.6 Å². The maximum absolute atomic E-state index is 6.82. The third-order valence-corrected chi connectivity index (χ3v) is 35.2. The molecule has 0 fully saturated rings. The average Bonchev–Trinajstić information content (AvgIpc) is 2.44. The molecule has 0 aliphatic heterocycles. The first-order valence-electron chi connectivity index (χ1n) is 9.66. The minimum atomic E-state index is -2.59. The van der Waals surface area contributed by atoms with Crippen LogP contribution in [0.25, 0.3) is 0 Å². The quantitative estimate of drug-likeness (QED) is 0.360. The van der Waals surface area contributed by atoms with E-state index in [0.717, 1.165) is 12.1 Å². The minimum Gasteiger partial charge on any atom is -0.441 e. The fourth-order valence-electron chi connectivity index (χ4n) is 3.11. The van der Waals surface area contributed by atoms with Crippen molar-refractivity contribution in [2.24, 2.45) is 0 Å². The molecule has 12 heteroatoms. The molecule has 2 atom stereocenters. The first kappa shape index (κ1) is 28.1. The molecule has 0 amide bonds. The number of hydrogen-bond acceptors (Lipinski definition) is 6. The Hall–Kier alpha value is 1.06. The molecule has 0 aliphatic rings. The van der Waals surface area contributed by atoms with Crippen LogP contribution in [0, 0.1) is 0 Å². The van der Waals surface area contributed by atoms with Crippen molar-refractivity contribution in [1.29, 1.82) is 0 Å². The Labute approximate surface area is 174 Å². The van der Waals surface area contributed by atoms with Gasteiger partial charge in [-0.15, -0.1) is 0 Å². The molecule has 27 heavy (non-hydrogen) atoms. The average molecular weight is 489 g/mol. The number of hydrogen-bond donors (Lipinski definition) is 0. The molecule has 0 aliphatic carbocycles. The van der Waals surface area contributed by atoms with Crippen molar-refractivity contribution in [3.63, 3.8) is 0 Å². The van der Waals surface area contributed by atoms with Gasteiger partial charge in [-0.2, -0.15) is 0 Å². The second-order valence-electron chi connectivity index (χ2n) is 9.69. The normalized spacial score (nSPS) is 17.7. The Morgan fingerprint density at radius 3 is 1.44 bits per heavy atom. The maximum Gasteiger partial charge on any atom is 0.499 e. The molecule has 164 valence electrons. The van der Waals surface area contributed by atoms with E-state index in [-0.39, 0.29) is 0 Å². The zero-order valence-electron chi connectivity index (χ0n) is 19.9. The van der Waals surface area contributed by atoms with Crippen molar-refractivity contribution in [2.75, 3.05) is 21.3 Å². The first-order valence-corrected chi connectivity index (χ1v) is 27.0. The molecular formula is C15H44O6Si6. The van der Waals surface area contributed by atoms with Crippen molar-refractivity contribution < 1.29 is 25.6 Å². The highest BCUT2D eigenvalue weighted by Crippen LogP contribution is 2.31. The van der Waals surface area contributed by atoms with E-state index in [0.29, 0.717) is 0 Å². The molecule has 0 heterocycles. The van der Waals surface area contributed by atoms with Gasteiger partial charge in [0.15, 0.2) is 16.2 Å². The van der Waals surface area contributed by atoms with Gasteiger partial charge in [-0.1, -0.05) is 19.6 Å². The predicted octanol–water partition coefficient (Wildman–Crippen LogP) is 4.29. The summed E-state index contributed by atoms with van der Waals surface area (Å²) in [4.78, 5) is 0. The summed E-state index contributed by atoms with van der Waals surface area (Å²) >= 11 is 0. The van der Waals surface area contributed by atoms with E-state index in [1.807, 2.05) is 0 Å². The van der Waals surface area contributed by atoms with Gasteiger partial charge in [-0.05, 0) is 51.9 Å². The van der Waals surface area contributed by atoms with Gasteiger partial charge in [0.25, 0.3) is 9.28 Å². The summed E-state index contributed by atoms with van der Waals surface area (Å²) in [6.45, 7) is 22.6. The largest absolute Gasteiger partial charge is 0.499 e. The van der Waals surface area contributed by atoms with E-state index in [4.69, 9.17) is 25.6 Å². The van der Waals surface area contributed by atoms with E-state index in [2.05, 4.69) is 65.5 Å². The van der Waals surface area contributed by atoms with Crippen LogP contribution in [0.3, 0.4) is 0 Å². The minimum absolute atomic E-state index is 0.789. The van der Waals surface area contributed by atoms with Gasteiger partial charge >= 0.3 is 17.4 Å². The molecule has 0 spiro atoms. The van der Waals surface area contributed by atoms with Crippen molar-refractivity contribution in [3.8, 4) is 0 Å². The second-order valence-corrected chi connectivity index (χ2v) is 38.8. The van der Waals surface area contributed by atoms with Gasteiger partial charge in [-0.3, -0.25) is 0 Å². The highest BCUT2D eigenvalue weighted by Gasteiger charge is 2.49. The summed E-state index contributed by atoms with van der Waals surface area (Å²) in [5.74, 6) is 0. The summed E-state index contributed by atoms with van der Waals surface area (Å²) in [6.07, 6.45) is 0. The van der Waals surface area contributed by atoms with Crippen LogP contribution in [0.15, 0.2) is 0 Å². The Balaban J connectivity index is 5.26. The molecule has 0 N–H and O–H groups in total. The lowest BCUT2D eigenvalue weighted by molar-refractivity contribution is 0.125. The lowest BCUT2D eigenvalue weighted by Gasteiger charge is -2.43. The van der Waals surface area contributed by atoms with Crippen LogP contribution in [0.4, 0.5) is 0 Å². The molecular weight excluding hydrogens is 445 g/mol. The molecule has 0 aromatic carbocycles. The summed E-state index contributed by atoms with van der Waals surface area (Å²) in [5.41, 5.74) is 0. The Morgan fingerprint density at radius 2 is 1.11 bits per heavy atom. The highest BCUT2D eigenvalue weighted by molar-refractivity contribution is 7.39. The fraction of sp³-hybridized carbons (Fsp3) is 1.00. The van der Waals surface area contributed by atoms with E-state index >= 15 is 0 Å². The van der Waals surface area contributed by atoms with Gasteiger partial charge in [0.05, 0.1) is 7.59 Å². The molecule has 0 aromatic heterocycles. The summed E-state index contributed by atoms with van der Waals surface area (Å²) in [5, 5.41) is 0. The molecule has 0 aromatic rings. The SMILES string of the molecule is CO[Si](CC[Si](C)(O[SiH](C)O[Si](C)(C)O[Si](C)(C)C)[Si](C)(C)C)(OC)OC. The zero-order chi connectivity index (χ0) is 21.7. The third-order valence-electron chi connectivity index (χ3n) is 4.86. The van der Waals surface area contributed by atoms with Gasteiger partial charge in [0.2, 0.25) is 0 Å². The fourth-order valence-corrected chi connectivity index (χ4v) is 31.3. The van der Waals surface area contributed by atoms with E-state index < -0.39 is 50.4 Å². The van der Waals surface area contributed by atoms with E-state index in [1.54, 1.807) is 21.3 Å². The Morgan fingerprint density at radius 1 is 0.667 bits per heavy atom. The third kappa shape index (κ3) is 9.61. The van der Waals surface area contributed by atoms with Crippen LogP contribution in [-0.4, -0.2) is 71.7 Å². The predicted molar refractivity (Wildman–Crippen MR) is 128 cm³/mol. The Bertz CT molecular complexity index is 441. The molecule has 0 saturated carbocycles. The molecule has 0 rings (SSSR count). The van der Waals surface area contributed by atoms with Crippen LogP contribution in [0.2, 0.25) is 77.6 Å². The molecule has 6 nitrogen and oxygen atoms in total. The van der Waals surface area contributed by atoms with Crippen LogP contribution in [-0.2, 0) is 25.6 Å². The van der Waals surface area contributed by atoms with Gasteiger partial charge in [0.1, 0.15) is 0 Å². The summed E-state index contributed by atoms with van der Waals surface area (Å²) in [6, 6.07) is 1.76. The van der Waals surface area contributed by atoms with E-state index in [9.17, 15) is 0 Å². The second kappa shape index (κ2) is 10.4. The zero-order valence-corrected chi connectivity index (χ0v) is 26.1. The number of rotatable bonds is 13. The van der Waals surface area contributed by atoms with Gasteiger partial charge in [0, 0.05) is 27.4 Å². The lowest BCUT2D eigenvalue weighted by atomic mass is 10.9. The smallest absolute Gasteiger partial charge is 0.441 e. The topological polar surface area (TPSA) is 55.4 Å². The van der Waals surface area contributed by atoms with Crippen molar-refractivity contribution in [3.05, 3.63) is 0 Å². The van der Waals surface area contributed by atoms with Crippen LogP contribution in [0.5, 0.6) is 0 Å². The van der Waals surface area contributed by atoms with Crippen molar-refractivity contribution in [2.45, 2.75) is 77.6 Å². The van der Waals surface area contributed by atoms with Crippen LogP contribution < -0.4 is 0 Å². The molecule has 2 unspecified atom stereocenters. The molecule has 0 saturated heterocycles. The monoisotopic (exact) mass is 488 g/mol. The standard InChI is InChI=1S/C15H44O6Si6/c1-16-27(17-2,18-3)15-14-26(13,24(8,9)10)20-22(4)19-25(11,12)21-23(5,6)7/h22H,14-15H2,1-13H3. The maximum atomic E-state index is 6.82. The highest BCUT2D eigenvalue weighted by atomic mass is 29.3. The molecule has 0 bridgehead atoms. The summed E-state index contributed by atoms with van der Waals surface area (Å²) in [7, 11) is -6.68. The van der Waals surface area contributed by atoms with Gasteiger partial charge in [-0.25, -0.2) is 0 Å². The summed E-state index contributed by atoms with van der Waals surface area (Å²) < 4.78 is 36.5. The van der Waals surface area contributed by atoms with Crippen LogP contribution >= 0.6 is 0 Å². The van der Waals surface area contributed by atoms with Crippen molar-refractivity contribution in [1.82, 2.24) is 0 Å². The lowest BCUT2D eigenvalue weighted by Crippen LogP contribution is -2.62. The van der Waals surface area contributed by atoms with Crippen LogP contribution in [0.1, 0.15) is 0 Å². The first-order chi connectivity index (χ1) is 11.9. The van der Waals surface area contributed by atoms with Crippen molar-refractivity contribution >= 4 is 50.4 Å². The Kier molecular flexibility index (Phi) is 10.8. The van der Waals surface area contributed by atoms with E-state index in [1.165, 1.54) is 0 Å².